The Morgan fingerprint density at radius 3 is 2.57 bits per heavy atom. The zero-order chi connectivity index (χ0) is 10.8. The van der Waals surface area contributed by atoms with Gasteiger partial charge in [0.25, 0.3) is 0 Å². The van der Waals surface area contributed by atoms with Crippen LogP contribution >= 0.6 is 0 Å². The Hall–Kier alpha value is -0.610. The van der Waals surface area contributed by atoms with Gasteiger partial charge in [-0.2, -0.15) is 0 Å². The highest BCUT2D eigenvalue weighted by atomic mass is 16.5. The molecule has 0 fully saturated rings. The quantitative estimate of drug-likeness (QED) is 0.464. The van der Waals surface area contributed by atoms with E-state index in [1.54, 1.807) is 0 Å². The van der Waals surface area contributed by atoms with E-state index in [0.29, 0.717) is 6.42 Å². The van der Waals surface area contributed by atoms with Crippen LogP contribution in [0.3, 0.4) is 0 Å². The summed E-state index contributed by atoms with van der Waals surface area (Å²) in [5.41, 5.74) is 0. The molecule has 0 radical (unpaired) electrons. The van der Waals surface area contributed by atoms with Gasteiger partial charge in [0.1, 0.15) is 0 Å². The lowest BCUT2D eigenvalue weighted by molar-refractivity contribution is -0.140. The molecule has 0 aromatic carbocycles. The van der Waals surface area contributed by atoms with E-state index in [1.807, 2.05) is 0 Å². The SMILES string of the molecule is CCN(CCCCO)CCC(=O)OC. The zero-order valence-corrected chi connectivity index (χ0v) is 9.16. The highest BCUT2D eigenvalue weighted by Crippen LogP contribution is 1.97. The first-order valence-electron chi connectivity index (χ1n) is 5.14. The van der Waals surface area contributed by atoms with Crippen LogP contribution in [0.5, 0.6) is 0 Å². The summed E-state index contributed by atoms with van der Waals surface area (Å²) in [6.45, 7) is 4.93. The van der Waals surface area contributed by atoms with Crippen LogP contribution in [-0.2, 0) is 9.53 Å². The largest absolute Gasteiger partial charge is 0.469 e. The van der Waals surface area contributed by atoms with Gasteiger partial charge in [0.15, 0.2) is 0 Å². The van der Waals surface area contributed by atoms with E-state index < -0.39 is 0 Å². The number of hydrogen-bond acceptors (Lipinski definition) is 4. The number of methoxy groups -OCH3 is 1. The lowest BCUT2D eigenvalue weighted by Crippen LogP contribution is -2.27. The highest BCUT2D eigenvalue weighted by Gasteiger charge is 2.05. The molecule has 4 nitrogen and oxygen atoms in total. The fourth-order valence-electron chi connectivity index (χ4n) is 1.23. The fraction of sp³-hybridized carbons (Fsp3) is 0.900. The van der Waals surface area contributed by atoms with E-state index in [-0.39, 0.29) is 12.6 Å². The molecule has 0 rings (SSSR count). The van der Waals surface area contributed by atoms with E-state index in [4.69, 9.17) is 5.11 Å². The Morgan fingerprint density at radius 2 is 2.07 bits per heavy atom. The van der Waals surface area contributed by atoms with E-state index >= 15 is 0 Å². The minimum atomic E-state index is -0.161. The molecule has 0 amide bonds. The van der Waals surface area contributed by atoms with Crippen LogP contribution in [0.4, 0.5) is 0 Å². The van der Waals surface area contributed by atoms with Gasteiger partial charge in [-0.05, 0) is 25.9 Å². The number of hydrogen-bond donors (Lipinski definition) is 1. The standard InChI is InChI=1S/C10H21NO3/c1-3-11(7-4-5-9-12)8-6-10(13)14-2/h12H,3-9H2,1-2H3. The third-order valence-corrected chi connectivity index (χ3v) is 2.19. The van der Waals surface area contributed by atoms with Crippen molar-refractivity contribution in [3.63, 3.8) is 0 Å². The van der Waals surface area contributed by atoms with Crippen LogP contribution in [0.25, 0.3) is 0 Å². The Balaban J connectivity index is 3.52. The molecule has 0 aliphatic rings. The predicted molar refractivity (Wildman–Crippen MR) is 55.1 cm³/mol. The Kier molecular flexibility index (Phi) is 8.57. The molecule has 0 spiro atoms. The molecule has 4 heteroatoms. The number of ether oxygens (including phenoxy) is 1. The molecule has 0 saturated carbocycles. The maximum Gasteiger partial charge on any atom is 0.306 e. The first-order valence-corrected chi connectivity index (χ1v) is 5.14. The molecule has 0 bridgehead atoms. The second kappa shape index (κ2) is 8.97. The van der Waals surface area contributed by atoms with E-state index in [1.165, 1.54) is 7.11 Å². The first-order chi connectivity index (χ1) is 6.74. The molecule has 1 N–H and O–H groups in total. The Morgan fingerprint density at radius 1 is 1.36 bits per heavy atom. The third-order valence-electron chi connectivity index (χ3n) is 2.19. The lowest BCUT2D eigenvalue weighted by atomic mass is 10.3. The minimum absolute atomic E-state index is 0.161. The molecule has 14 heavy (non-hydrogen) atoms. The van der Waals surface area contributed by atoms with Crippen LogP contribution < -0.4 is 0 Å². The van der Waals surface area contributed by atoms with Gasteiger partial charge < -0.3 is 14.7 Å². The number of esters is 1. The number of aliphatic hydroxyl groups is 1. The van der Waals surface area contributed by atoms with Gasteiger partial charge >= 0.3 is 5.97 Å². The molecule has 0 unspecified atom stereocenters. The molecular weight excluding hydrogens is 182 g/mol. The molecular formula is C10H21NO3. The topological polar surface area (TPSA) is 49.8 Å². The summed E-state index contributed by atoms with van der Waals surface area (Å²) < 4.78 is 4.57. The van der Waals surface area contributed by atoms with Crippen LogP contribution in [0, 0.1) is 0 Å². The van der Waals surface area contributed by atoms with Gasteiger partial charge in [-0.25, -0.2) is 0 Å². The van der Waals surface area contributed by atoms with Gasteiger partial charge in [-0.3, -0.25) is 4.79 Å². The van der Waals surface area contributed by atoms with Crippen molar-refractivity contribution in [3.05, 3.63) is 0 Å². The summed E-state index contributed by atoms with van der Waals surface area (Å²) in [5.74, 6) is -0.161. The fourth-order valence-corrected chi connectivity index (χ4v) is 1.23. The third kappa shape index (κ3) is 6.86. The second-order valence-corrected chi connectivity index (χ2v) is 3.19. The Labute approximate surface area is 85.9 Å². The molecule has 0 aliphatic carbocycles. The monoisotopic (exact) mass is 203 g/mol. The average molecular weight is 203 g/mol. The van der Waals surface area contributed by atoms with Gasteiger partial charge in [-0.15, -0.1) is 0 Å². The summed E-state index contributed by atoms with van der Waals surface area (Å²) >= 11 is 0. The number of unbranched alkanes of at least 4 members (excludes halogenated alkanes) is 1. The molecule has 0 atom stereocenters. The number of carbonyl (C=O) groups excluding carboxylic acids is 1. The van der Waals surface area contributed by atoms with Gasteiger partial charge in [0.05, 0.1) is 13.5 Å². The van der Waals surface area contributed by atoms with E-state index in [2.05, 4.69) is 16.6 Å². The molecule has 0 heterocycles. The number of nitrogens with zero attached hydrogens (tertiary/aromatic N) is 1. The summed E-state index contributed by atoms with van der Waals surface area (Å²) in [6.07, 6.45) is 2.25. The van der Waals surface area contributed by atoms with E-state index in [9.17, 15) is 4.79 Å². The van der Waals surface area contributed by atoms with E-state index in [0.717, 1.165) is 32.5 Å². The van der Waals surface area contributed by atoms with Crippen molar-refractivity contribution < 1.29 is 14.6 Å². The average Bonchev–Trinajstić information content (AvgIpc) is 2.22. The van der Waals surface area contributed by atoms with Crippen LogP contribution in [-0.4, -0.2) is 49.3 Å². The van der Waals surface area contributed by atoms with Crippen LogP contribution in [0.1, 0.15) is 26.2 Å². The normalized spacial score (nSPS) is 10.6. The second-order valence-electron chi connectivity index (χ2n) is 3.19. The highest BCUT2D eigenvalue weighted by molar-refractivity contribution is 5.69. The first kappa shape index (κ1) is 13.4. The zero-order valence-electron chi connectivity index (χ0n) is 9.16. The number of aliphatic hydroxyl groups excluding tert-OH is 1. The van der Waals surface area contributed by atoms with Crippen molar-refractivity contribution in [1.29, 1.82) is 0 Å². The van der Waals surface area contributed by atoms with Crippen molar-refractivity contribution in [2.45, 2.75) is 26.2 Å². The maximum atomic E-state index is 10.9. The lowest BCUT2D eigenvalue weighted by Gasteiger charge is -2.19. The maximum absolute atomic E-state index is 10.9. The van der Waals surface area contributed by atoms with Crippen molar-refractivity contribution >= 4 is 5.97 Å². The molecule has 0 saturated heterocycles. The van der Waals surface area contributed by atoms with Crippen molar-refractivity contribution in [1.82, 2.24) is 4.90 Å². The van der Waals surface area contributed by atoms with Crippen molar-refractivity contribution in [2.24, 2.45) is 0 Å². The molecule has 0 aliphatic heterocycles. The predicted octanol–water partition coefficient (Wildman–Crippen LogP) is 0.644. The number of rotatable bonds is 8. The van der Waals surface area contributed by atoms with Gasteiger partial charge in [0.2, 0.25) is 0 Å². The molecule has 0 aromatic rings. The summed E-state index contributed by atoms with van der Waals surface area (Å²) in [5, 5.41) is 8.62. The van der Waals surface area contributed by atoms with Crippen LogP contribution in [0.15, 0.2) is 0 Å². The van der Waals surface area contributed by atoms with Crippen LogP contribution in [0.2, 0.25) is 0 Å². The smallest absolute Gasteiger partial charge is 0.306 e. The molecule has 84 valence electrons. The molecule has 0 aromatic heterocycles. The Bertz CT molecular complexity index is 150. The van der Waals surface area contributed by atoms with Gasteiger partial charge in [-0.1, -0.05) is 6.92 Å². The summed E-state index contributed by atoms with van der Waals surface area (Å²) in [7, 11) is 1.41. The summed E-state index contributed by atoms with van der Waals surface area (Å²) in [6, 6.07) is 0. The van der Waals surface area contributed by atoms with Crippen molar-refractivity contribution in [2.75, 3.05) is 33.4 Å². The van der Waals surface area contributed by atoms with Crippen molar-refractivity contribution in [3.8, 4) is 0 Å². The summed E-state index contributed by atoms with van der Waals surface area (Å²) in [4.78, 5) is 13.1. The minimum Gasteiger partial charge on any atom is -0.469 e. The number of carbonyl (C=O) groups is 1. The van der Waals surface area contributed by atoms with Gasteiger partial charge in [0, 0.05) is 13.2 Å².